The fourth-order valence-electron chi connectivity index (χ4n) is 3.40. The van der Waals surface area contributed by atoms with Crippen LogP contribution in [0.15, 0.2) is 30.6 Å². The van der Waals surface area contributed by atoms with Crippen molar-refractivity contribution >= 4 is 22.9 Å². The lowest BCUT2D eigenvalue weighted by molar-refractivity contribution is 0.228. The van der Waals surface area contributed by atoms with Gasteiger partial charge in [0, 0.05) is 29.9 Å². The highest BCUT2D eigenvalue weighted by atomic mass is 19.1. The maximum absolute atomic E-state index is 13.8. The molecule has 3 heterocycles. The van der Waals surface area contributed by atoms with E-state index in [9.17, 15) is 9.18 Å². The number of nitrogens with zero attached hydrogens (tertiary/aromatic N) is 3. The van der Waals surface area contributed by atoms with Gasteiger partial charge in [-0.2, -0.15) is 0 Å². The molecule has 3 aromatic heterocycles. The Balaban J connectivity index is 1.52. The van der Waals surface area contributed by atoms with Crippen molar-refractivity contribution in [3.63, 3.8) is 0 Å². The van der Waals surface area contributed by atoms with Gasteiger partial charge in [0.05, 0.1) is 25.3 Å². The van der Waals surface area contributed by atoms with E-state index in [2.05, 4.69) is 25.6 Å². The van der Waals surface area contributed by atoms with Crippen molar-refractivity contribution in [3.8, 4) is 22.8 Å². The summed E-state index contributed by atoms with van der Waals surface area (Å²) in [7, 11) is 5.12. The average molecular weight is 442 g/mol. The van der Waals surface area contributed by atoms with Crippen LogP contribution in [0.4, 0.5) is 15.0 Å². The number of carbonyl (C=O) groups excluding carboxylic acids is 1. The molecule has 1 fully saturated rings. The Kier molecular flexibility index (Phi) is 6.40. The number of ether oxygens (including phenoxy) is 2. The lowest BCUT2D eigenvalue weighted by Crippen LogP contribution is -2.37. The number of hydrogen-bond acceptors (Lipinski definition) is 6. The van der Waals surface area contributed by atoms with Crippen LogP contribution in [-0.2, 0) is 0 Å². The first kappa shape index (κ1) is 21.8. The molecule has 32 heavy (non-hydrogen) atoms. The van der Waals surface area contributed by atoms with E-state index in [1.54, 1.807) is 38.4 Å². The van der Waals surface area contributed by atoms with Gasteiger partial charge in [0.25, 0.3) is 0 Å². The molecule has 0 radical (unpaired) electrons. The number of carbonyl (C=O) groups is 1. The van der Waals surface area contributed by atoms with Gasteiger partial charge in [-0.3, -0.25) is 5.32 Å². The molecule has 10 heteroatoms. The van der Waals surface area contributed by atoms with Gasteiger partial charge in [0.15, 0.2) is 0 Å². The zero-order valence-corrected chi connectivity index (χ0v) is 18.3. The molecule has 1 aliphatic rings. The molecule has 3 N–H and O–H groups in total. The van der Waals surface area contributed by atoms with Crippen LogP contribution >= 0.6 is 0 Å². The molecular formula is C22H27FN6O3. The van der Waals surface area contributed by atoms with Crippen LogP contribution in [0.25, 0.3) is 22.2 Å². The number of urea groups is 1. The van der Waals surface area contributed by atoms with Crippen LogP contribution in [0.1, 0.15) is 12.8 Å². The van der Waals surface area contributed by atoms with Crippen LogP contribution in [0.2, 0.25) is 0 Å². The Bertz CT molecular complexity index is 1100. The number of hydrogen-bond donors (Lipinski definition) is 3. The van der Waals surface area contributed by atoms with E-state index in [0.717, 1.165) is 29.4 Å². The Morgan fingerprint density at radius 3 is 2.88 bits per heavy atom. The average Bonchev–Trinajstić information content (AvgIpc) is 3.48. The van der Waals surface area contributed by atoms with Crippen molar-refractivity contribution in [2.75, 3.05) is 39.6 Å². The Hall–Kier alpha value is -3.40. The van der Waals surface area contributed by atoms with Gasteiger partial charge in [-0.05, 0) is 45.1 Å². The van der Waals surface area contributed by atoms with Gasteiger partial charge in [-0.15, -0.1) is 0 Å². The first-order valence-corrected chi connectivity index (χ1v) is 10.5. The Labute approximate surface area is 185 Å². The third-order valence-electron chi connectivity index (χ3n) is 4.99. The van der Waals surface area contributed by atoms with Gasteiger partial charge in [0.1, 0.15) is 23.4 Å². The molecule has 1 saturated carbocycles. The number of H-pyrrole nitrogens is 1. The molecule has 170 valence electrons. The smallest absolute Gasteiger partial charge is 0.320 e. The highest BCUT2D eigenvalue weighted by molar-refractivity contribution is 5.98. The molecule has 1 aliphatic carbocycles. The van der Waals surface area contributed by atoms with E-state index >= 15 is 0 Å². The van der Waals surface area contributed by atoms with Gasteiger partial charge >= 0.3 is 6.03 Å². The molecule has 4 rings (SSSR count). The molecule has 0 aliphatic heterocycles. The molecule has 2 amide bonds. The first-order chi connectivity index (χ1) is 15.4. The maximum Gasteiger partial charge on any atom is 0.320 e. The fraction of sp³-hybridized carbons (Fsp3) is 0.409. The quantitative estimate of drug-likeness (QED) is 0.470. The maximum atomic E-state index is 13.8. The monoisotopic (exact) mass is 442 g/mol. The summed E-state index contributed by atoms with van der Waals surface area (Å²) < 4.78 is 25.3. The number of amides is 2. The van der Waals surface area contributed by atoms with Gasteiger partial charge < -0.3 is 24.7 Å². The lowest BCUT2D eigenvalue weighted by atomic mass is 10.1. The van der Waals surface area contributed by atoms with Crippen molar-refractivity contribution in [2.24, 2.45) is 0 Å². The van der Waals surface area contributed by atoms with Gasteiger partial charge in [-0.1, -0.05) is 0 Å². The number of halogens is 1. The van der Waals surface area contributed by atoms with Crippen molar-refractivity contribution in [1.29, 1.82) is 0 Å². The molecule has 1 atom stereocenters. The zero-order chi connectivity index (χ0) is 22.7. The van der Waals surface area contributed by atoms with Crippen molar-refractivity contribution in [3.05, 3.63) is 30.6 Å². The molecule has 9 nitrogen and oxygen atoms in total. The molecule has 0 spiro atoms. The predicted molar refractivity (Wildman–Crippen MR) is 120 cm³/mol. The summed E-state index contributed by atoms with van der Waals surface area (Å²) in [5.41, 5.74) is 2.17. The van der Waals surface area contributed by atoms with E-state index in [4.69, 9.17) is 9.47 Å². The molecule has 0 unspecified atom stereocenters. The summed E-state index contributed by atoms with van der Waals surface area (Å²) in [6.07, 6.45) is 4.62. The summed E-state index contributed by atoms with van der Waals surface area (Å²) in [5, 5.41) is 5.99. The third-order valence-corrected chi connectivity index (χ3v) is 4.99. The number of fused-ring (bicyclic) bond motifs is 1. The van der Waals surface area contributed by atoms with Crippen LogP contribution in [0.5, 0.6) is 11.6 Å². The number of aromatic nitrogens is 3. The highest BCUT2D eigenvalue weighted by Gasteiger charge is 2.27. The summed E-state index contributed by atoms with van der Waals surface area (Å²) in [6.45, 7) is 0.156. The number of anilines is 1. The summed E-state index contributed by atoms with van der Waals surface area (Å²) >= 11 is 0. The van der Waals surface area contributed by atoms with E-state index in [0.29, 0.717) is 23.1 Å². The minimum absolute atomic E-state index is 0.0799. The van der Waals surface area contributed by atoms with Crippen LogP contribution < -0.4 is 20.1 Å². The first-order valence-electron chi connectivity index (χ1n) is 10.5. The van der Waals surface area contributed by atoms with Crippen LogP contribution in [-0.4, -0.2) is 72.5 Å². The second-order valence-corrected chi connectivity index (χ2v) is 8.00. The van der Waals surface area contributed by atoms with E-state index in [-0.39, 0.29) is 19.2 Å². The zero-order valence-electron chi connectivity index (χ0n) is 18.3. The predicted octanol–water partition coefficient (Wildman–Crippen LogP) is 3.20. The van der Waals surface area contributed by atoms with E-state index in [1.807, 2.05) is 18.3 Å². The Morgan fingerprint density at radius 2 is 2.16 bits per heavy atom. The summed E-state index contributed by atoms with van der Waals surface area (Å²) in [4.78, 5) is 25.7. The summed E-state index contributed by atoms with van der Waals surface area (Å²) in [6, 6.07) is 4.85. The molecular weight excluding hydrogens is 415 g/mol. The minimum atomic E-state index is -1.15. The van der Waals surface area contributed by atoms with Crippen LogP contribution in [0.3, 0.4) is 0 Å². The second kappa shape index (κ2) is 9.39. The molecule has 3 aromatic rings. The fourth-order valence-corrected chi connectivity index (χ4v) is 3.40. The minimum Gasteiger partial charge on any atom is -0.490 e. The molecule has 0 saturated heterocycles. The molecule has 0 aromatic carbocycles. The number of alkyl halides is 1. The normalized spacial score (nSPS) is 14.4. The van der Waals surface area contributed by atoms with Crippen molar-refractivity contribution < 1.29 is 18.7 Å². The van der Waals surface area contributed by atoms with Gasteiger partial charge in [0.2, 0.25) is 5.88 Å². The second-order valence-electron chi connectivity index (χ2n) is 8.00. The standard InChI is InChI=1S/C22H27FN6O3/c1-29(2)12-13(23)10-26-22(30)28-18-7-6-15-16(11-25-20(15)27-18)19-17(32-14-4-5-14)8-9-24-21(19)31-3/h6-9,11,13-14H,4-5,10,12H2,1-3H3,(H3,25,26,27,28,30)/t13-/m0/s1. The number of methoxy groups -OCH3 is 1. The number of aromatic amines is 1. The lowest BCUT2D eigenvalue weighted by Gasteiger charge is -2.14. The SMILES string of the molecule is COc1nccc(OC2CC2)c1-c1c[nH]c2nc(NC(=O)NC[C@H](F)CN(C)C)ccc12. The van der Waals surface area contributed by atoms with Crippen molar-refractivity contribution in [1.82, 2.24) is 25.2 Å². The third kappa shape index (κ3) is 5.08. The topological polar surface area (TPSA) is 104 Å². The number of nitrogens with one attached hydrogen (secondary N) is 3. The number of pyridine rings is 2. The summed E-state index contributed by atoms with van der Waals surface area (Å²) in [5.74, 6) is 1.52. The van der Waals surface area contributed by atoms with E-state index < -0.39 is 12.2 Å². The van der Waals surface area contributed by atoms with Crippen molar-refractivity contribution in [2.45, 2.75) is 25.1 Å². The Morgan fingerprint density at radius 1 is 1.34 bits per heavy atom. The van der Waals surface area contributed by atoms with Crippen LogP contribution in [0, 0.1) is 0 Å². The number of rotatable bonds is 9. The largest absolute Gasteiger partial charge is 0.490 e. The van der Waals surface area contributed by atoms with Gasteiger partial charge in [-0.25, -0.2) is 19.2 Å². The highest BCUT2D eigenvalue weighted by Crippen LogP contribution is 2.42. The van der Waals surface area contributed by atoms with E-state index in [1.165, 1.54) is 0 Å². The molecule has 0 bridgehead atoms.